The van der Waals surface area contributed by atoms with Crippen LogP contribution in [0.15, 0.2) is 66.1 Å². The number of hydrogen-bond donors (Lipinski definition) is 2. The van der Waals surface area contributed by atoms with Crippen molar-refractivity contribution >= 4 is 23.1 Å². The molecule has 5 rings (SSSR count). The molecule has 0 radical (unpaired) electrons. The summed E-state index contributed by atoms with van der Waals surface area (Å²) in [4.78, 5) is 5.76. The number of pyridine rings is 1. The monoisotopic (exact) mass is 348 g/mol. The van der Waals surface area contributed by atoms with Crippen LogP contribution in [0.2, 0.25) is 0 Å². The molecule has 25 heavy (non-hydrogen) atoms. The van der Waals surface area contributed by atoms with Gasteiger partial charge in [0.15, 0.2) is 0 Å². The molecule has 1 aliphatic heterocycles. The summed E-state index contributed by atoms with van der Waals surface area (Å²) in [5.74, 6) is 0. The molecule has 0 saturated heterocycles. The van der Waals surface area contributed by atoms with E-state index in [1.807, 2.05) is 41.5 Å². The number of thioether (sulfide) groups is 1. The van der Waals surface area contributed by atoms with Gasteiger partial charge in [-0.2, -0.15) is 5.10 Å². The van der Waals surface area contributed by atoms with E-state index in [1.54, 1.807) is 18.0 Å². The first-order chi connectivity index (χ1) is 12.3. The number of nitrogens with zero attached hydrogens (tertiary/aromatic N) is 4. The normalized spacial score (nSPS) is 16.1. The highest BCUT2D eigenvalue weighted by molar-refractivity contribution is 8.00. The molecule has 0 aliphatic carbocycles. The number of rotatable bonds is 3. The third-order valence-electron chi connectivity index (χ3n) is 4.33. The summed E-state index contributed by atoms with van der Waals surface area (Å²) in [6.07, 6.45) is 8.51. The lowest BCUT2D eigenvalue weighted by Crippen LogP contribution is -2.20. The average Bonchev–Trinajstić information content (AvgIpc) is 3.33. The Balaban J connectivity index is 1.47. The van der Waals surface area contributed by atoms with Crippen molar-refractivity contribution in [1.82, 2.24) is 19.2 Å². The molecule has 1 atom stereocenters. The number of anilines is 1. The molecule has 0 amide bonds. The fraction of sp³-hybridized carbons (Fsp3) is 0.111. The van der Waals surface area contributed by atoms with Crippen LogP contribution in [0.5, 0.6) is 0 Å². The van der Waals surface area contributed by atoms with Gasteiger partial charge in [-0.05, 0) is 29.8 Å². The van der Waals surface area contributed by atoms with Gasteiger partial charge in [0.05, 0.1) is 5.69 Å². The van der Waals surface area contributed by atoms with Gasteiger partial charge in [0.2, 0.25) is 0 Å². The van der Waals surface area contributed by atoms with Crippen molar-refractivity contribution in [3.63, 3.8) is 0 Å². The van der Waals surface area contributed by atoms with E-state index in [1.165, 1.54) is 10.5 Å². The molecular weight excluding hydrogens is 332 g/mol. The fourth-order valence-corrected chi connectivity index (χ4v) is 4.07. The molecule has 3 N–H and O–H groups in total. The zero-order chi connectivity index (χ0) is 16.8. The summed E-state index contributed by atoms with van der Waals surface area (Å²) in [6, 6.07) is 12.4. The molecule has 0 fully saturated rings. The van der Waals surface area contributed by atoms with E-state index in [-0.39, 0.29) is 5.50 Å². The molecule has 0 spiro atoms. The number of fused-ring (bicyclic) bond motifs is 2. The summed E-state index contributed by atoms with van der Waals surface area (Å²) in [6.45, 7) is 0. The molecule has 1 aromatic carbocycles. The van der Waals surface area contributed by atoms with Gasteiger partial charge in [-0.1, -0.05) is 17.8 Å². The van der Waals surface area contributed by atoms with Crippen LogP contribution in [0.25, 0.3) is 11.3 Å². The van der Waals surface area contributed by atoms with Crippen molar-refractivity contribution < 1.29 is 0 Å². The number of imidazole rings is 1. The molecule has 4 heterocycles. The van der Waals surface area contributed by atoms with E-state index in [9.17, 15) is 0 Å². The van der Waals surface area contributed by atoms with Gasteiger partial charge in [0.1, 0.15) is 11.1 Å². The fourth-order valence-electron chi connectivity index (χ4n) is 3.14. The van der Waals surface area contributed by atoms with Crippen molar-refractivity contribution in [2.24, 2.45) is 5.73 Å². The third-order valence-corrected chi connectivity index (χ3v) is 5.29. The number of nitrogens with one attached hydrogen (secondary N) is 1. The maximum atomic E-state index is 5.93. The summed E-state index contributed by atoms with van der Waals surface area (Å²) in [5.41, 5.74) is 11.3. The first-order valence-electron chi connectivity index (χ1n) is 8.04. The number of nitrogens with two attached hydrogens (primary N) is 1. The molecule has 0 bridgehead atoms. The standard InChI is InChI=1S/C18H16N6S/c19-18-22-15-3-2-12(9-16(15)25-18)8-14-11-20-17-10-13(4-7-23(14)17)24-6-1-5-21-24/h1-7,9-11,18,22H,8,19H2. The molecule has 124 valence electrons. The Bertz CT molecular complexity index is 1050. The lowest BCUT2D eigenvalue weighted by Gasteiger charge is -2.06. The van der Waals surface area contributed by atoms with Crippen molar-refractivity contribution in [2.45, 2.75) is 16.8 Å². The Kier molecular flexibility index (Phi) is 3.29. The van der Waals surface area contributed by atoms with Crippen LogP contribution in [0.3, 0.4) is 0 Å². The lowest BCUT2D eigenvalue weighted by molar-refractivity contribution is 0.875. The van der Waals surface area contributed by atoms with Gasteiger partial charge in [-0.15, -0.1) is 0 Å². The topological polar surface area (TPSA) is 73.2 Å². The van der Waals surface area contributed by atoms with E-state index in [4.69, 9.17) is 5.73 Å². The van der Waals surface area contributed by atoms with Crippen LogP contribution in [0.4, 0.5) is 5.69 Å². The summed E-state index contributed by atoms with van der Waals surface area (Å²) in [7, 11) is 0. The molecule has 4 aromatic rings. The molecule has 1 unspecified atom stereocenters. The highest BCUT2D eigenvalue weighted by Gasteiger charge is 2.18. The molecular formula is C18H16N6S. The minimum atomic E-state index is -0.0539. The Morgan fingerprint density at radius 3 is 3.04 bits per heavy atom. The second-order valence-corrected chi connectivity index (χ2v) is 7.19. The largest absolute Gasteiger partial charge is 0.360 e. The lowest BCUT2D eigenvalue weighted by atomic mass is 10.1. The van der Waals surface area contributed by atoms with Crippen molar-refractivity contribution in [1.29, 1.82) is 0 Å². The van der Waals surface area contributed by atoms with Crippen molar-refractivity contribution in [3.8, 4) is 5.69 Å². The van der Waals surface area contributed by atoms with Crippen LogP contribution in [-0.4, -0.2) is 24.7 Å². The van der Waals surface area contributed by atoms with Crippen LogP contribution < -0.4 is 11.1 Å². The maximum Gasteiger partial charge on any atom is 0.139 e. The van der Waals surface area contributed by atoms with Crippen LogP contribution in [0.1, 0.15) is 11.3 Å². The summed E-state index contributed by atoms with van der Waals surface area (Å²) in [5, 5.41) is 7.52. The van der Waals surface area contributed by atoms with Gasteiger partial charge in [0.25, 0.3) is 0 Å². The summed E-state index contributed by atoms with van der Waals surface area (Å²) < 4.78 is 3.96. The van der Waals surface area contributed by atoms with Crippen LogP contribution in [-0.2, 0) is 6.42 Å². The molecule has 7 heteroatoms. The van der Waals surface area contributed by atoms with Gasteiger partial charge in [0, 0.05) is 53.6 Å². The van der Waals surface area contributed by atoms with E-state index in [0.717, 1.165) is 29.1 Å². The first kappa shape index (κ1) is 14.6. The zero-order valence-electron chi connectivity index (χ0n) is 13.3. The average molecular weight is 348 g/mol. The van der Waals surface area contributed by atoms with E-state index >= 15 is 0 Å². The molecule has 1 aliphatic rings. The first-order valence-corrected chi connectivity index (χ1v) is 8.92. The van der Waals surface area contributed by atoms with E-state index in [2.05, 4.69) is 38.0 Å². The Hall–Kier alpha value is -2.77. The summed E-state index contributed by atoms with van der Waals surface area (Å²) >= 11 is 1.66. The van der Waals surface area contributed by atoms with Crippen molar-refractivity contribution in [3.05, 3.63) is 72.4 Å². The predicted octanol–water partition coefficient (Wildman–Crippen LogP) is 2.87. The molecule has 0 saturated carbocycles. The van der Waals surface area contributed by atoms with Gasteiger partial charge in [-0.3, -0.25) is 0 Å². The quantitative estimate of drug-likeness (QED) is 0.596. The van der Waals surface area contributed by atoms with Gasteiger partial charge >= 0.3 is 0 Å². The maximum absolute atomic E-state index is 5.93. The predicted molar refractivity (Wildman–Crippen MR) is 99.0 cm³/mol. The highest BCUT2D eigenvalue weighted by Crippen LogP contribution is 2.37. The van der Waals surface area contributed by atoms with E-state index < -0.39 is 0 Å². The zero-order valence-corrected chi connectivity index (χ0v) is 14.1. The minimum absolute atomic E-state index is 0.0539. The minimum Gasteiger partial charge on any atom is -0.360 e. The van der Waals surface area contributed by atoms with Gasteiger partial charge in [-0.25, -0.2) is 9.67 Å². The SMILES string of the molecule is NC1Nc2ccc(Cc3cnc4cc(-n5cccn5)ccn34)cc2S1. The van der Waals surface area contributed by atoms with Crippen molar-refractivity contribution in [2.75, 3.05) is 5.32 Å². The van der Waals surface area contributed by atoms with Crippen LogP contribution >= 0.6 is 11.8 Å². The molecule has 3 aromatic heterocycles. The second kappa shape index (κ2) is 5.65. The Morgan fingerprint density at radius 2 is 2.16 bits per heavy atom. The Labute approximate surface area is 148 Å². The molecule has 6 nitrogen and oxygen atoms in total. The Morgan fingerprint density at radius 1 is 1.20 bits per heavy atom. The van der Waals surface area contributed by atoms with Crippen LogP contribution in [0, 0.1) is 0 Å². The highest BCUT2D eigenvalue weighted by atomic mass is 32.2. The number of aromatic nitrogens is 4. The number of hydrogen-bond acceptors (Lipinski definition) is 5. The third kappa shape index (κ3) is 2.57. The number of benzene rings is 1. The smallest absolute Gasteiger partial charge is 0.139 e. The van der Waals surface area contributed by atoms with E-state index in [0.29, 0.717) is 0 Å². The second-order valence-electron chi connectivity index (χ2n) is 6.00. The van der Waals surface area contributed by atoms with Gasteiger partial charge < -0.3 is 15.5 Å².